The van der Waals surface area contributed by atoms with E-state index in [0.717, 1.165) is 4.88 Å². The van der Waals surface area contributed by atoms with Gasteiger partial charge in [0.05, 0.1) is 18.8 Å². The number of hydrogen-bond acceptors (Lipinski definition) is 4. The minimum Gasteiger partial charge on any atom is -0.491 e. The SMILES string of the molecule is CC(C)Oc1cccc(C(O)CNC(=O)NCc2cccs2)c1. The summed E-state index contributed by atoms with van der Waals surface area (Å²) in [6.45, 7) is 4.52. The van der Waals surface area contributed by atoms with Gasteiger partial charge in [0.15, 0.2) is 0 Å². The lowest BCUT2D eigenvalue weighted by atomic mass is 10.1. The summed E-state index contributed by atoms with van der Waals surface area (Å²) in [6, 6.07) is 10.9. The van der Waals surface area contributed by atoms with E-state index in [9.17, 15) is 9.90 Å². The van der Waals surface area contributed by atoms with Crippen LogP contribution in [0.4, 0.5) is 4.79 Å². The summed E-state index contributed by atoms with van der Waals surface area (Å²) in [5.41, 5.74) is 0.710. The van der Waals surface area contributed by atoms with Crippen LogP contribution in [-0.4, -0.2) is 23.8 Å². The maximum absolute atomic E-state index is 11.7. The molecule has 0 aliphatic carbocycles. The van der Waals surface area contributed by atoms with Crippen molar-refractivity contribution in [3.05, 3.63) is 52.2 Å². The lowest BCUT2D eigenvalue weighted by molar-refractivity contribution is 0.172. The highest BCUT2D eigenvalue weighted by Gasteiger charge is 2.11. The van der Waals surface area contributed by atoms with Crippen LogP contribution in [0.25, 0.3) is 0 Å². The molecule has 6 heteroatoms. The Morgan fingerprint density at radius 3 is 2.78 bits per heavy atom. The van der Waals surface area contributed by atoms with E-state index in [1.54, 1.807) is 17.4 Å². The molecule has 0 aliphatic heterocycles. The molecule has 0 radical (unpaired) electrons. The van der Waals surface area contributed by atoms with Crippen LogP contribution < -0.4 is 15.4 Å². The van der Waals surface area contributed by atoms with Crippen molar-refractivity contribution >= 4 is 17.4 Å². The molecule has 3 N–H and O–H groups in total. The fourth-order valence-corrected chi connectivity index (χ4v) is 2.66. The normalized spacial score (nSPS) is 12.0. The highest BCUT2D eigenvalue weighted by atomic mass is 32.1. The fourth-order valence-electron chi connectivity index (χ4n) is 2.02. The van der Waals surface area contributed by atoms with E-state index < -0.39 is 6.10 Å². The molecule has 23 heavy (non-hydrogen) atoms. The molecule has 1 unspecified atom stereocenters. The minimum atomic E-state index is -0.779. The Hall–Kier alpha value is -2.05. The van der Waals surface area contributed by atoms with Crippen molar-refractivity contribution in [1.82, 2.24) is 10.6 Å². The summed E-state index contributed by atoms with van der Waals surface area (Å²) in [5.74, 6) is 0.707. The molecule has 5 nitrogen and oxygen atoms in total. The van der Waals surface area contributed by atoms with E-state index in [0.29, 0.717) is 17.9 Å². The summed E-state index contributed by atoms with van der Waals surface area (Å²) in [4.78, 5) is 12.8. The summed E-state index contributed by atoms with van der Waals surface area (Å²) in [6.07, 6.45) is -0.707. The number of carbonyl (C=O) groups is 1. The van der Waals surface area contributed by atoms with Gasteiger partial charge < -0.3 is 20.5 Å². The second-order valence-electron chi connectivity index (χ2n) is 5.40. The lowest BCUT2D eigenvalue weighted by Crippen LogP contribution is -2.37. The number of ether oxygens (including phenoxy) is 1. The Morgan fingerprint density at radius 1 is 1.26 bits per heavy atom. The topological polar surface area (TPSA) is 70.6 Å². The molecule has 0 fully saturated rings. The van der Waals surface area contributed by atoms with E-state index in [1.807, 2.05) is 49.6 Å². The first-order valence-electron chi connectivity index (χ1n) is 7.53. The summed E-state index contributed by atoms with van der Waals surface area (Å²) < 4.78 is 5.60. The van der Waals surface area contributed by atoms with Gasteiger partial charge in [-0.1, -0.05) is 18.2 Å². The zero-order valence-corrected chi connectivity index (χ0v) is 14.1. The first-order chi connectivity index (χ1) is 11.0. The number of aliphatic hydroxyl groups excluding tert-OH is 1. The number of thiophene rings is 1. The molecule has 1 atom stereocenters. The second kappa shape index (κ2) is 8.55. The number of urea groups is 1. The van der Waals surface area contributed by atoms with E-state index in [-0.39, 0.29) is 18.7 Å². The molecule has 1 aromatic heterocycles. The molecule has 0 saturated heterocycles. The van der Waals surface area contributed by atoms with E-state index in [4.69, 9.17) is 4.74 Å². The number of carbonyl (C=O) groups excluding carboxylic acids is 1. The number of rotatable bonds is 7. The molecular weight excluding hydrogens is 312 g/mol. The van der Waals surface area contributed by atoms with Gasteiger partial charge in [0.2, 0.25) is 0 Å². The second-order valence-corrected chi connectivity index (χ2v) is 6.43. The average Bonchev–Trinajstić information content (AvgIpc) is 3.03. The fraction of sp³-hybridized carbons (Fsp3) is 0.353. The minimum absolute atomic E-state index is 0.0727. The first kappa shape index (κ1) is 17.3. The van der Waals surface area contributed by atoms with Crippen LogP contribution in [0.2, 0.25) is 0 Å². The average molecular weight is 334 g/mol. The van der Waals surface area contributed by atoms with Crippen molar-refractivity contribution in [3.63, 3.8) is 0 Å². The van der Waals surface area contributed by atoms with Crippen molar-refractivity contribution in [2.75, 3.05) is 6.54 Å². The van der Waals surface area contributed by atoms with Crippen LogP contribution in [0.5, 0.6) is 5.75 Å². The quantitative estimate of drug-likeness (QED) is 0.729. The lowest BCUT2D eigenvalue weighted by Gasteiger charge is -2.15. The van der Waals surface area contributed by atoms with Crippen molar-refractivity contribution in [2.45, 2.75) is 32.6 Å². The molecule has 2 rings (SSSR count). The summed E-state index contributed by atoms with van der Waals surface area (Å²) in [5, 5.41) is 17.6. The van der Waals surface area contributed by atoms with Crippen LogP contribution in [-0.2, 0) is 6.54 Å². The number of nitrogens with one attached hydrogen (secondary N) is 2. The van der Waals surface area contributed by atoms with Gasteiger partial charge in [0.25, 0.3) is 0 Å². The number of benzene rings is 1. The summed E-state index contributed by atoms with van der Waals surface area (Å²) >= 11 is 1.59. The van der Waals surface area contributed by atoms with Crippen molar-refractivity contribution < 1.29 is 14.6 Å². The Labute approximate surface area is 140 Å². The number of hydrogen-bond donors (Lipinski definition) is 3. The van der Waals surface area contributed by atoms with E-state index in [2.05, 4.69) is 10.6 Å². The zero-order chi connectivity index (χ0) is 16.7. The van der Waals surface area contributed by atoms with E-state index >= 15 is 0 Å². The molecule has 0 aliphatic rings. The molecule has 0 spiro atoms. The molecule has 1 heterocycles. The van der Waals surface area contributed by atoms with Crippen LogP contribution in [0.3, 0.4) is 0 Å². The third kappa shape index (κ3) is 5.92. The van der Waals surface area contributed by atoms with Crippen molar-refractivity contribution in [1.29, 1.82) is 0 Å². The van der Waals surface area contributed by atoms with Gasteiger partial charge in [-0.3, -0.25) is 0 Å². The molecule has 2 amide bonds. The number of amides is 2. The maximum Gasteiger partial charge on any atom is 0.315 e. The van der Waals surface area contributed by atoms with Gasteiger partial charge in [0.1, 0.15) is 5.75 Å². The summed E-state index contributed by atoms with van der Waals surface area (Å²) in [7, 11) is 0. The monoisotopic (exact) mass is 334 g/mol. The zero-order valence-electron chi connectivity index (χ0n) is 13.3. The van der Waals surface area contributed by atoms with Crippen molar-refractivity contribution in [2.24, 2.45) is 0 Å². The Balaban J connectivity index is 1.79. The Morgan fingerprint density at radius 2 is 2.09 bits per heavy atom. The number of aliphatic hydroxyl groups is 1. The van der Waals surface area contributed by atoms with Crippen LogP contribution in [0, 0.1) is 0 Å². The predicted octanol–water partition coefficient (Wildman–Crippen LogP) is 3.07. The van der Waals surface area contributed by atoms with Gasteiger partial charge in [-0.15, -0.1) is 11.3 Å². The largest absolute Gasteiger partial charge is 0.491 e. The molecule has 2 aromatic rings. The third-order valence-corrected chi connectivity index (χ3v) is 3.95. The van der Waals surface area contributed by atoms with Crippen LogP contribution in [0.1, 0.15) is 30.4 Å². The molecule has 0 saturated carbocycles. The Bertz CT molecular complexity index is 614. The van der Waals surface area contributed by atoms with Gasteiger partial charge in [-0.25, -0.2) is 4.79 Å². The van der Waals surface area contributed by atoms with Crippen molar-refractivity contribution in [3.8, 4) is 5.75 Å². The molecule has 0 bridgehead atoms. The predicted molar refractivity (Wildman–Crippen MR) is 91.7 cm³/mol. The molecular formula is C17H22N2O3S. The van der Waals surface area contributed by atoms with Gasteiger partial charge in [-0.05, 0) is 43.0 Å². The first-order valence-corrected chi connectivity index (χ1v) is 8.41. The highest BCUT2D eigenvalue weighted by Crippen LogP contribution is 2.19. The van der Waals surface area contributed by atoms with Gasteiger partial charge in [0, 0.05) is 11.4 Å². The van der Waals surface area contributed by atoms with E-state index in [1.165, 1.54) is 0 Å². The maximum atomic E-state index is 11.7. The molecule has 1 aromatic carbocycles. The van der Waals surface area contributed by atoms with Crippen LogP contribution in [0.15, 0.2) is 41.8 Å². The molecule has 124 valence electrons. The van der Waals surface area contributed by atoms with Gasteiger partial charge in [-0.2, -0.15) is 0 Å². The third-order valence-electron chi connectivity index (χ3n) is 3.07. The Kier molecular flexibility index (Phi) is 6.43. The standard InChI is InChI=1S/C17H22N2O3S/c1-12(2)22-14-6-3-5-13(9-14)16(20)11-19-17(21)18-10-15-7-4-8-23-15/h3-9,12,16,20H,10-11H2,1-2H3,(H2,18,19,21). The highest BCUT2D eigenvalue weighted by molar-refractivity contribution is 7.09. The van der Waals surface area contributed by atoms with Gasteiger partial charge >= 0.3 is 6.03 Å². The van der Waals surface area contributed by atoms with Crippen LogP contribution >= 0.6 is 11.3 Å². The smallest absolute Gasteiger partial charge is 0.315 e.